The zero-order chi connectivity index (χ0) is 12.9. The SMILES string of the molecule is COC(C)C(C)(O)C1(C#N)CCCCCCC1. The van der Waals surface area contributed by atoms with Crippen LogP contribution in [0.3, 0.4) is 0 Å². The quantitative estimate of drug-likeness (QED) is 0.823. The van der Waals surface area contributed by atoms with Gasteiger partial charge in [0.1, 0.15) is 5.60 Å². The zero-order valence-electron chi connectivity index (χ0n) is 11.3. The number of methoxy groups -OCH3 is 1. The van der Waals surface area contributed by atoms with E-state index >= 15 is 0 Å². The second-order valence-electron chi connectivity index (χ2n) is 5.49. The Morgan fingerprint density at radius 2 is 1.71 bits per heavy atom. The number of nitriles is 1. The summed E-state index contributed by atoms with van der Waals surface area (Å²) in [5.74, 6) is 0. The van der Waals surface area contributed by atoms with Crippen LogP contribution in [-0.2, 0) is 4.74 Å². The number of aliphatic hydroxyl groups is 1. The maximum atomic E-state index is 10.7. The van der Waals surface area contributed by atoms with E-state index in [0.29, 0.717) is 0 Å². The molecular weight excluding hydrogens is 214 g/mol. The van der Waals surface area contributed by atoms with Gasteiger partial charge in [-0.05, 0) is 26.7 Å². The minimum Gasteiger partial charge on any atom is -0.386 e. The highest BCUT2D eigenvalue weighted by Crippen LogP contribution is 2.44. The topological polar surface area (TPSA) is 53.2 Å². The molecule has 0 aromatic carbocycles. The highest BCUT2D eigenvalue weighted by molar-refractivity contribution is 5.12. The smallest absolute Gasteiger partial charge is 0.106 e. The van der Waals surface area contributed by atoms with Gasteiger partial charge in [-0.15, -0.1) is 0 Å². The van der Waals surface area contributed by atoms with E-state index in [1.165, 1.54) is 19.3 Å². The molecule has 1 N–H and O–H groups in total. The van der Waals surface area contributed by atoms with Gasteiger partial charge in [-0.1, -0.05) is 32.1 Å². The summed E-state index contributed by atoms with van der Waals surface area (Å²) >= 11 is 0. The molecule has 3 nitrogen and oxygen atoms in total. The van der Waals surface area contributed by atoms with E-state index in [4.69, 9.17) is 4.74 Å². The average molecular weight is 239 g/mol. The minimum absolute atomic E-state index is 0.318. The Morgan fingerprint density at radius 3 is 2.12 bits per heavy atom. The van der Waals surface area contributed by atoms with Crippen molar-refractivity contribution in [2.75, 3.05) is 7.11 Å². The fraction of sp³-hybridized carbons (Fsp3) is 0.929. The van der Waals surface area contributed by atoms with Gasteiger partial charge in [-0.3, -0.25) is 0 Å². The van der Waals surface area contributed by atoms with Crippen molar-refractivity contribution in [2.24, 2.45) is 5.41 Å². The summed E-state index contributed by atoms with van der Waals surface area (Å²) in [5, 5.41) is 20.3. The highest BCUT2D eigenvalue weighted by Gasteiger charge is 2.50. The number of rotatable bonds is 3. The first-order valence-corrected chi connectivity index (χ1v) is 6.66. The Bertz CT molecular complexity index is 272. The van der Waals surface area contributed by atoms with E-state index in [2.05, 4.69) is 6.07 Å². The van der Waals surface area contributed by atoms with Gasteiger partial charge in [0.15, 0.2) is 0 Å². The molecule has 0 spiro atoms. The van der Waals surface area contributed by atoms with Crippen molar-refractivity contribution >= 4 is 0 Å². The molecular formula is C14H25NO2. The van der Waals surface area contributed by atoms with Gasteiger partial charge in [-0.25, -0.2) is 0 Å². The van der Waals surface area contributed by atoms with Crippen LogP contribution in [0.15, 0.2) is 0 Å². The molecule has 3 heteroatoms. The Hall–Kier alpha value is -0.590. The molecule has 17 heavy (non-hydrogen) atoms. The average Bonchev–Trinajstić information content (AvgIpc) is 2.28. The molecule has 0 aromatic heterocycles. The maximum absolute atomic E-state index is 10.7. The molecule has 1 saturated carbocycles. The molecule has 0 aromatic rings. The molecule has 1 fully saturated rings. The zero-order valence-corrected chi connectivity index (χ0v) is 11.3. The van der Waals surface area contributed by atoms with E-state index in [1.807, 2.05) is 6.92 Å². The fourth-order valence-corrected chi connectivity index (χ4v) is 2.86. The molecule has 1 aliphatic rings. The van der Waals surface area contributed by atoms with Crippen molar-refractivity contribution in [3.63, 3.8) is 0 Å². The van der Waals surface area contributed by atoms with Gasteiger partial charge in [0, 0.05) is 7.11 Å². The van der Waals surface area contributed by atoms with E-state index in [1.54, 1.807) is 14.0 Å². The monoisotopic (exact) mass is 239 g/mol. The lowest BCUT2D eigenvalue weighted by Gasteiger charge is -2.44. The summed E-state index contributed by atoms with van der Waals surface area (Å²) in [4.78, 5) is 0. The van der Waals surface area contributed by atoms with Crippen LogP contribution < -0.4 is 0 Å². The third-order valence-electron chi connectivity index (χ3n) is 4.54. The van der Waals surface area contributed by atoms with Crippen LogP contribution in [0.25, 0.3) is 0 Å². The minimum atomic E-state index is -1.08. The van der Waals surface area contributed by atoms with Crippen LogP contribution in [0.2, 0.25) is 0 Å². The summed E-state index contributed by atoms with van der Waals surface area (Å²) in [6.45, 7) is 3.60. The van der Waals surface area contributed by atoms with Gasteiger partial charge in [-0.2, -0.15) is 5.26 Å². The van der Waals surface area contributed by atoms with Gasteiger partial charge in [0.2, 0.25) is 0 Å². The molecule has 0 amide bonds. The number of nitrogens with zero attached hydrogens (tertiary/aromatic N) is 1. The largest absolute Gasteiger partial charge is 0.386 e. The van der Waals surface area contributed by atoms with Gasteiger partial charge in [0.25, 0.3) is 0 Å². The van der Waals surface area contributed by atoms with Crippen LogP contribution in [0, 0.1) is 16.7 Å². The van der Waals surface area contributed by atoms with E-state index in [9.17, 15) is 10.4 Å². The first-order chi connectivity index (χ1) is 8.00. The second-order valence-corrected chi connectivity index (χ2v) is 5.49. The molecule has 0 radical (unpaired) electrons. The first-order valence-electron chi connectivity index (χ1n) is 6.66. The Kier molecular flexibility index (Phi) is 4.97. The Labute approximate surface area is 105 Å². The standard InChI is InChI=1S/C14H25NO2/c1-12(17-3)13(2,16)14(11-15)9-7-5-4-6-8-10-14/h12,16H,4-10H2,1-3H3. The number of hydrogen-bond donors (Lipinski definition) is 1. The van der Waals surface area contributed by atoms with Gasteiger partial charge < -0.3 is 9.84 Å². The van der Waals surface area contributed by atoms with Crippen molar-refractivity contribution in [3.8, 4) is 6.07 Å². The molecule has 0 bridgehead atoms. The lowest BCUT2D eigenvalue weighted by molar-refractivity contribution is -0.139. The normalized spacial score (nSPS) is 26.1. The van der Waals surface area contributed by atoms with Crippen LogP contribution >= 0.6 is 0 Å². The molecule has 0 saturated heterocycles. The predicted molar refractivity (Wildman–Crippen MR) is 67.5 cm³/mol. The molecule has 2 unspecified atom stereocenters. The maximum Gasteiger partial charge on any atom is 0.106 e. The van der Waals surface area contributed by atoms with E-state index < -0.39 is 11.0 Å². The van der Waals surface area contributed by atoms with E-state index in [-0.39, 0.29) is 6.10 Å². The summed E-state index contributed by atoms with van der Waals surface area (Å²) < 4.78 is 5.27. The predicted octanol–water partition coefficient (Wildman–Crippen LogP) is 3.03. The Balaban J connectivity index is 2.95. The van der Waals surface area contributed by atoms with Crippen molar-refractivity contribution in [1.29, 1.82) is 5.26 Å². The van der Waals surface area contributed by atoms with E-state index in [0.717, 1.165) is 25.7 Å². The fourth-order valence-electron chi connectivity index (χ4n) is 2.86. The van der Waals surface area contributed by atoms with Gasteiger partial charge in [0.05, 0.1) is 17.6 Å². The highest BCUT2D eigenvalue weighted by atomic mass is 16.5. The summed E-state index contributed by atoms with van der Waals surface area (Å²) in [6, 6.07) is 2.41. The van der Waals surface area contributed by atoms with Crippen LogP contribution in [-0.4, -0.2) is 23.9 Å². The van der Waals surface area contributed by atoms with Crippen molar-refractivity contribution in [1.82, 2.24) is 0 Å². The molecule has 1 aliphatic carbocycles. The molecule has 98 valence electrons. The molecule has 2 atom stereocenters. The third kappa shape index (κ3) is 2.81. The van der Waals surface area contributed by atoms with Crippen LogP contribution in [0.4, 0.5) is 0 Å². The van der Waals surface area contributed by atoms with Crippen molar-refractivity contribution in [3.05, 3.63) is 0 Å². The van der Waals surface area contributed by atoms with Crippen LogP contribution in [0.1, 0.15) is 58.8 Å². The lowest BCUT2D eigenvalue weighted by atomic mass is 9.64. The number of ether oxygens (including phenoxy) is 1. The number of hydrogen-bond acceptors (Lipinski definition) is 3. The summed E-state index contributed by atoms with van der Waals surface area (Å²) in [7, 11) is 1.59. The molecule has 1 rings (SSSR count). The lowest BCUT2D eigenvalue weighted by Crippen LogP contribution is -2.53. The first kappa shape index (κ1) is 14.5. The van der Waals surface area contributed by atoms with Crippen LogP contribution in [0.5, 0.6) is 0 Å². The molecule has 0 aliphatic heterocycles. The summed E-state index contributed by atoms with van der Waals surface area (Å²) in [5.41, 5.74) is -1.73. The Morgan fingerprint density at radius 1 is 1.24 bits per heavy atom. The van der Waals surface area contributed by atoms with Gasteiger partial charge >= 0.3 is 0 Å². The third-order valence-corrected chi connectivity index (χ3v) is 4.54. The molecule has 0 heterocycles. The van der Waals surface area contributed by atoms with Crippen molar-refractivity contribution < 1.29 is 9.84 Å². The summed E-state index contributed by atoms with van der Waals surface area (Å²) in [6.07, 6.45) is 6.89. The second kappa shape index (κ2) is 5.84. The van der Waals surface area contributed by atoms with Crippen molar-refractivity contribution in [2.45, 2.75) is 70.5 Å².